The smallest absolute Gasteiger partial charge is 0.0188 e. The Morgan fingerprint density at radius 1 is 0.824 bits per heavy atom. The lowest BCUT2D eigenvalue weighted by molar-refractivity contribution is 1.49. The van der Waals surface area contributed by atoms with Crippen molar-refractivity contribution in [2.24, 2.45) is 0 Å². The predicted octanol–water partition coefficient (Wildman–Crippen LogP) is 5.31. The van der Waals surface area contributed by atoms with Gasteiger partial charge in [-0.2, -0.15) is 0 Å². The van der Waals surface area contributed by atoms with Gasteiger partial charge in [0.15, 0.2) is 0 Å². The lowest BCUT2D eigenvalue weighted by atomic mass is 10.0. The van der Waals surface area contributed by atoms with Gasteiger partial charge in [-0.3, -0.25) is 0 Å². The molecule has 0 radical (unpaired) electrons. The van der Waals surface area contributed by atoms with Crippen LogP contribution in [0.1, 0.15) is 20.8 Å². The molecule has 0 unspecified atom stereocenters. The standard InChI is InChI=1S/C17H22/c1-6-10-12-17(11-7-2)16(9-4)14-13-15(5)8-3/h6-14H,3-4H2,1-2,5H3/b10-6-,11-7-,15-13-,16-14+,17-12+. The monoisotopic (exact) mass is 226 g/mol. The van der Waals surface area contributed by atoms with E-state index in [1.165, 1.54) is 0 Å². The van der Waals surface area contributed by atoms with Gasteiger partial charge in [0.05, 0.1) is 0 Å². The second-order valence-electron chi connectivity index (χ2n) is 3.59. The Morgan fingerprint density at radius 3 is 2.00 bits per heavy atom. The van der Waals surface area contributed by atoms with E-state index in [4.69, 9.17) is 0 Å². The van der Waals surface area contributed by atoms with Crippen LogP contribution in [0.4, 0.5) is 0 Å². The molecule has 0 rings (SSSR count). The maximum atomic E-state index is 3.85. The van der Waals surface area contributed by atoms with Gasteiger partial charge in [0, 0.05) is 0 Å². The molecule has 0 heterocycles. The topological polar surface area (TPSA) is 0 Å². The van der Waals surface area contributed by atoms with Gasteiger partial charge in [-0.25, -0.2) is 0 Å². The zero-order chi connectivity index (χ0) is 13.1. The third kappa shape index (κ3) is 6.36. The van der Waals surface area contributed by atoms with Crippen molar-refractivity contribution in [3.05, 3.63) is 84.6 Å². The fourth-order valence-electron chi connectivity index (χ4n) is 1.20. The first-order chi connectivity index (χ1) is 8.19. The summed E-state index contributed by atoms with van der Waals surface area (Å²) in [7, 11) is 0. The van der Waals surface area contributed by atoms with E-state index in [9.17, 15) is 0 Å². The maximum Gasteiger partial charge on any atom is -0.0188 e. The highest BCUT2D eigenvalue weighted by Gasteiger charge is 1.95. The van der Waals surface area contributed by atoms with Crippen molar-refractivity contribution in [2.45, 2.75) is 20.8 Å². The van der Waals surface area contributed by atoms with Crippen LogP contribution in [-0.4, -0.2) is 0 Å². The minimum atomic E-state index is 1.10. The minimum Gasteiger partial charge on any atom is -0.0988 e. The summed E-state index contributed by atoms with van der Waals surface area (Å²) in [4.78, 5) is 0. The van der Waals surface area contributed by atoms with Crippen LogP contribution in [-0.2, 0) is 0 Å². The summed E-state index contributed by atoms with van der Waals surface area (Å²) in [6, 6.07) is 0. The molecular formula is C17H22. The molecule has 0 aliphatic carbocycles. The van der Waals surface area contributed by atoms with E-state index in [2.05, 4.69) is 31.4 Å². The molecule has 0 aliphatic rings. The first kappa shape index (κ1) is 15.2. The summed E-state index contributed by atoms with van der Waals surface area (Å²) in [5.41, 5.74) is 3.38. The second-order valence-corrected chi connectivity index (χ2v) is 3.59. The highest BCUT2D eigenvalue weighted by atomic mass is 14.0. The summed E-state index contributed by atoms with van der Waals surface area (Å²) in [6.45, 7) is 13.6. The van der Waals surface area contributed by atoms with Gasteiger partial charge in [-0.05, 0) is 31.9 Å². The maximum absolute atomic E-state index is 3.85. The Hall–Kier alpha value is -1.82. The van der Waals surface area contributed by atoms with E-state index in [-0.39, 0.29) is 0 Å². The fraction of sp³-hybridized carbons (Fsp3) is 0.176. The Bertz CT molecular complexity index is 396. The molecule has 0 bridgehead atoms. The van der Waals surface area contributed by atoms with Crippen molar-refractivity contribution >= 4 is 0 Å². The van der Waals surface area contributed by atoms with Crippen LogP contribution in [0, 0.1) is 0 Å². The van der Waals surface area contributed by atoms with E-state index in [1.54, 1.807) is 0 Å². The Labute approximate surface area is 106 Å². The van der Waals surface area contributed by atoms with Crippen LogP contribution < -0.4 is 0 Å². The number of hydrogen-bond acceptors (Lipinski definition) is 0. The molecular weight excluding hydrogens is 204 g/mol. The summed E-state index contributed by atoms with van der Waals surface area (Å²) >= 11 is 0. The quantitative estimate of drug-likeness (QED) is 0.538. The average molecular weight is 226 g/mol. The molecule has 0 heteroatoms. The van der Waals surface area contributed by atoms with Crippen LogP contribution in [0.5, 0.6) is 0 Å². The number of rotatable bonds is 6. The third-order valence-corrected chi connectivity index (χ3v) is 2.22. The Kier molecular flexibility index (Phi) is 8.40. The van der Waals surface area contributed by atoms with Crippen molar-refractivity contribution in [1.29, 1.82) is 0 Å². The highest BCUT2D eigenvalue weighted by molar-refractivity contribution is 5.49. The third-order valence-electron chi connectivity index (χ3n) is 2.22. The van der Waals surface area contributed by atoms with Gasteiger partial charge in [0.2, 0.25) is 0 Å². The van der Waals surface area contributed by atoms with Gasteiger partial charge in [-0.1, -0.05) is 73.4 Å². The van der Waals surface area contributed by atoms with Crippen LogP contribution in [0.25, 0.3) is 0 Å². The molecule has 0 saturated heterocycles. The molecule has 0 fully saturated rings. The molecule has 0 nitrogen and oxygen atoms in total. The Morgan fingerprint density at radius 2 is 1.53 bits per heavy atom. The van der Waals surface area contributed by atoms with Gasteiger partial charge in [-0.15, -0.1) is 0 Å². The normalized spacial score (nSPS) is 14.6. The molecule has 0 N–H and O–H groups in total. The van der Waals surface area contributed by atoms with Crippen molar-refractivity contribution in [2.75, 3.05) is 0 Å². The molecule has 0 atom stereocenters. The van der Waals surface area contributed by atoms with E-state index < -0.39 is 0 Å². The lowest BCUT2D eigenvalue weighted by Gasteiger charge is -2.01. The van der Waals surface area contributed by atoms with Crippen molar-refractivity contribution < 1.29 is 0 Å². The predicted molar refractivity (Wildman–Crippen MR) is 79.9 cm³/mol. The molecule has 17 heavy (non-hydrogen) atoms. The zero-order valence-corrected chi connectivity index (χ0v) is 11.1. The molecule has 0 aromatic heterocycles. The van der Waals surface area contributed by atoms with Crippen LogP contribution >= 0.6 is 0 Å². The zero-order valence-electron chi connectivity index (χ0n) is 11.1. The summed E-state index contributed by atoms with van der Waals surface area (Å²) in [5, 5.41) is 0. The van der Waals surface area contributed by atoms with Crippen molar-refractivity contribution in [3.63, 3.8) is 0 Å². The molecule has 0 saturated carbocycles. The first-order valence-electron chi connectivity index (χ1n) is 5.79. The minimum absolute atomic E-state index is 1.10. The van der Waals surface area contributed by atoms with Crippen LogP contribution in [0.3, 0.4) is 0 Å². The fourth-order valence-corrected chi connectivity index (χ4v) is 1.20. The summed E-state index contributed by atoms with van der Waals surface area (Å²) in [5.74, 6) is 0. The largest absolute Gasteiger partial charge is 0.0988 e. The van der Waals surface area contributed by atoms with Gasteiger partial charge in [0.1, 0.15) is 0 Å². The van der Waals surface area contributed by atoms with Gasteiger partial charge in [0.25, 0.3) is 0 Å². The van der Waals surface area contributed by atoms with Crippen LogP contribution in [0.15, 0.2) is 84.6 Å². The number of allylic oxidation sites excluding steroid dienone is 12. The summed E-state index contributed by atoms with van der Waals surface area (Å²) in [6.07, 6.45) is 18.0. The van der Waals surface area contributed by atoms with Gasteiger partial charge >= 0.3 is 0 Å². The SMILES string of the molecule is C=C/C(C)=C\C=C(/C=C)C(=C/C=C\C)/C=C\C. The second kappa shape index (κ2) is 9.41. The molecule has 0 amide bonds. The van der Waals surface area contributed by atoms with E-state index >= 15 is 0 Å². The van der Waals surface area contributed by atoms with Crippen molar-refractivity contribution in [3.8, 4) is 0 Å². The highest BCUT2D eigenvalue weighted by Crippen LogP contribution is 2.14. The molecule has 0 aliphatic heterocycles. The molecule has 0 spiro atoms. The summed E-state index contributed by atoms with van der Waals surface area (Å²) < 4.78 is 0. The first-order valence-corrected chi connectivity index (χ1v) is 5.79. The van der Waals surface area contributed by atoms with Crippen LogP contribution in [0.2, 0.25) is 0 Å². The number of hydrogen-bond donors (Lipinski definition) is 0. The van der Waals surface area contributed by atoms with E-state index in [0.717, 1.165) is 16.7 Å². The average Bonchev–Trinajstić information content (AvgIpc) is 2.35. The van der Waals surface area contributed by atoms with E-state index in [0.29, 0.717) is 0 Å². The lowest BCUT2D eigenvalue weighted by Crippen LogP contribution is -1.82. The van der Waals surface area contributed by atoms with Crippen molar-refractivity contribution in [1.82, 2.24) is 0 Å². The van der Waals surface area contributed by atoms with Gasteiger partial charge < -0.3 is 0 Å². The molecule has 0 aromatic rings. The molecule has 0 aromatic carbocycles. The molecule has 90 valence electrons. The Balaban J connectivity index is 5.31. The van der Waals surface area contributed by atoms with E-state index in [1.807, 2.05) is 57.2 Å².